The highest BCUT2D eigenvalue weighted by Gasteiger charge is 2.37. The summed E-state index contributed by atoms with van der Waals surface area (Å²) < 4.78 is 36.7. The lowest BCUT2D eigenvalue weighted by molar-refractivity contribution is -0.157. The topological polar surface area (TPSA) is 40.6 Å². The van der Waals surface area contributed by atoms with Crippen molar-refractivity contribution in [1.29, 1.82) is 0 Å². The van der Waals surface area contributed by atoms with E-state index in [2.05, 4.69) is 0 Å². The second kappa shape index (κ2) is 7.42. The molecule has 1 saturated heterocycles. The smallest absolute Gasteiger partial charge is 0.329 e. The van der Waals surface area contributed by atoms with Gasteiger partial charge in [-0.3, -0.25) is 9.59 Å². The molecule has 0 bridgehead atoms. The summed E-state index contributed by atoms with van der Waals surface area (Å²) in [6.07, 6.45) is -5.44. The van der Waals surface area contributed by atoms with Crippen LogP contribution < -0.4 is 0 Å². The van der Waals surface area contributed by atoms with Crippen LogP contribution in [0.25, 0.3) is 0 Å². The van der Waals surface area contributed by atoms with Crippen LogP contribution >= 0.6 is 11.6 Å². The van der Waals surface area contributed by atoms with Crippen LogP contribution in [0.5, 0.6) is 0 Å². The van der Waals surface area contributed by atoms with E-state index in [9.17, 15) is 22.8 Å². The number of carbonyl (C=O) groups excluding carboxylic acids is 2. The fourth-order valence-corrected chi connectivity index (χ4v) is 2.88. The molecule has 0 aromatic heterocycles. The van der Waals surface area contributed by atoms with Gasteiger partial charge in [0.2, 0.25) is 11.8 Å². The largest absolute Gasteiger partial charge is 0.389 e. The summed E-state index contributed by atoms with van der Waals surface area (Å²) in [5.41, 5.74) is 0.720. The predicted octanol–water partition coefficient (Wildman–Crippen LogP) is 3.24. The molecular formula is C16H18ClF3N2O2. The first-order valence-corrected chi connectivity index (χ1v) is 7.95. The highest BCUT2D eigenvalue weighted by molar-refractivity contribution is 6.31. The number of benzene rings is 1. The number of piperazine rings is 1. The lowest BCUT2D eigenvalue weighted by atomic mass is 10.1. The molecule has 0 unspecified atom stereocenters. The van der Waals surface area contributed by atoms with Crippen molar-refractivity contribution in [3.05, 3.63) is 34.9 Å². The van der Waals surface area contributed by atoms with Crippen molar-refractivity contribution < 1.29 is 22.8 Å². The lowest BCUT2D eigenvalue weighted by Gasteiger charge is -2.39. The second-order valence-electron chi connectivity index (χ2n) is 5.77. The summed E-state index contributed by atoms with van der Waals surface area (Å²) in [5.74, 6) is -0.641. The van der Waals surface area contributed by atoms with Gasteiger partial charge in [0.15, 0.2) is 0 Å². The predicted molar refractivity (Wildman–Crippen MR) is 83.3 cm³/mol. The van der Waals surface area contributed by atoms with Crippen LogP contribution in [0.4, 0.5) is 13.2 Å². The van der Waals surface area contributed by atoms with Gasteiger partial charge < -0.3 is 9.80 Å². The van der Waals surface area contributed by atoms with Crippen LogP contribution in [0.1, 0.15) is 25.3 Å². The molecule has 4 nitrogen and oxygen atoms in total. The second-order valence-corrected chi connectivity index (χ2v) is 6.17. The van der Waals surface area contributed by atoms with Crippen LogP contribution in [-0.2, 0) is 16.1 Å². The molecule has 0 aliphatic carbocycles. The van der Waals surface area contributed by atoms with Crippen molar-refractivity contribution >= 4 is 23.4 Å². The summed E-state index contributed by atoms with van der Waals surface area (Å²) in [6.45, 7) is 1.50. The Morgan fingerprint density at radius 3 is 2.54 bits per heavy atom. The van der Waals surface area contributed by atoms with Gasteiger partial charge in [0.25, 0.3) is 0 Å². The lowest BCUT2D eigenvalue weighted by Crippen LogP contribution is -2.58. The Hall–Kier alpha value is -1.76. The molecule has 0 radical (unpaired) electrons. The van der Waals surface area contributed by atoms with E-state index in [0.29, 0.717) is 5.02 Å². The first-order chi connectivity index (χ1) is 11.2. The fourth-order valence-electron chi connectivity index (χ4n) is 2.68. The maximum absolute atomic E-state index is 12.4. The number of amides is 2. The number of nitrogens with zero attached hydrogens (tertiary/aromatic N) is 2. The minimum absolute atomic E-state index is 0.0782. The Morgan fingerprint density at radius 1 is 1.25 bits per heavy atom. The van der Waals surface area contributed by atoms with Gasteiger partial charge in [-0.1, -0.05) is 29.8 Å². The van der Waals surface area contributed by atoms with Gasteiger partial charge in [-0.25, -0.2) is 0 Å². The van der Waals surface area contributed by atoms with Crippen molar-refractivity contribution in [2.24, 2.45) is 0 Å². The van der Waals surface area contributed by atoms with Gasteiger partial charge in [0.05, 0.1) is 0 Å². The molecule has 0 spiro atoms. The monoisotopic (exact) mass is 362 g/mol. The van der Waals surface area contributed by atoms with E-state index in [1.54, 1.807) is 24.3 Å². The van der Waals surface area contributed by atoms with Gasteiger partial charge in [0.1, 0.15) is 12.6 Å². The van der Waals surface area contributed by atoms with Gasteiger partial charge >= 0.3 is 6.18 Å². The zero-order valence-electron chi connectivity index (χ0n) is 13.1. The first kappa shape index (κ1) is 18.6. The van der Waals surface area contributed by atoms with E-state index < -0.39 is 18.6 Å². The average molecular weight is 363 g/mol. The number of alkyl halides is 3. The Labute approximate surface area is 143 Å². The standard InChI is InChI=1S/C16H18ClF3N2O2/c1-11-15(24)21(9-12-5-2-3-6-13(12)17)10-14(23)22(11)8-4-7-16(18,19)20/h2-3,5-6,11H,4,7-10H2,1H3/t11-/m0/s1. The van der Waals surface area contributed by atoms with Gasteiger partial charge in [-0.05, 0) is 25.0 Å². The maximum Gasteiger partial charge on any atom is 0.389 e. The minimum atomic E-state index is -4.26. The zero-order chi connectivity index (χ0) is 17.9. The molecular weight excluding hydrogens is 345 g/mol. The molecule has 0 saturated carbocycles. The summed E-state index contributed by atoms with van der Waals surface area (Å²) >= 11 is 6.06. The SMILES string of the molecule is C[C@H]1C(=O)N(Cc2ccccc2Cl)CC(=O)N1CCCC(F)(F)F. The highest BCUT2D eigenvalue weighted by atomic mass is 35.5. The summed E-state index contributed by atoms with van der Waals surface area (Å²) in [6, 6.07) is 6.23. The van der Waals surface area contributed by atoms with Gasteiger partial charge in [-0.2, -0.15) is 13.2 Å². The molecule has 1 aromatic rings. The number of rotatable bonds is 5. The number of hydrogen-bond donors (Lipinski definition) is 0. The molecule has 1 aliphatic rings. The number of halogens is 4. The normalized spacial score (nSPS) is 19.1. The highest BCUT2D eigenvalue weighted by Crippen LogP contribution is 2.24. The molecule has 132 valence electrons. The minimum Gasteiger partial charge on any atom is -0.329 e. The van der Waals surface area contributed by atoms with Crippen molar-refractivity contribution in [2.45, 2.75) is 38.5 Å². The van der Waals surface area contributed by atoms with E-state index in [4.69, 9.17) is 11.6 Å². The molecule has 24 heavy (non-hydrogen) atoms. The van der Waals surface area contributed by atoms with Crippen LogP contribution in [-0.4, -0.2) is 46.9 Å². The molecule has 1 aromatic carbocycles. The zero-order valence-corrected chi connectivity index (χ0v) is 13.9. The van der Waals surface area contributed by atoms with Crippen LogP contribution in [0.15, 0.2) is 24.3 Å². The van der Waals surface area contributed by atoms with Crippen LogP contribution in [0, 0.1) is 0 Å². The summed E-state index contributed by atoms with van der Waals surface area (Å²) in [4.78, 5) is 27.2. The van der Waals surface area contributed by atoms with Crippen molar-refractivity contribution in [3.63, 3.8) is 0 Å². The molecule has 1 aliphatic heterocycles. The molecule has 1 fully saturated rings. The van der Waals surface area contributed by atoms with E-state index >= 15 is 0 Å². The Bertz CT molecular complexity index is 622. The fraction of sp³-hybridized carbons (Fsp3) is 0.500. The Morgan fingerprint density at radius 2 is 1.92 bits per heavy atom. The van der Waals surface area contributed by atoms with Crippen molar-refractivity contribution in [2.75, 3.05) is 13.1 Å². The van der Waals surface area contributed by atoms with E-state index in [-0.39, 0.29) is 37.9 Å². The third-order valence-corrected chi connectivity index (χ3v) is 4.33. The van der Waals surface area contributed by atoms with Crippen LogP contribution in [0.2, 0.25) is 5.02 Å². The first-order valence-electron chi connectivity index (χ1n) is 7.57. The number of hydrogen-bond acceptors (Lipinski definition) is 2. The summed E-state index contributed by atoms with van der Waals surface area (Å²) in [7, 11) is 0. The molecule has 2 amide bonds. The molecule has 8 heteroatoms. The van der Waals surface area contributed by atoms with Gasteiger partial charge in [0, 0.05) is 24.5 Å². The van der Waals surface area contributed by atoms with Crippen molar-refractivity contribution in [1.82, 2.24) is 9.80 Å². The van der Waals surface area contributed by atoms with Crippen LogP contribution in [0.3, 0.4) is 0 Å². The van der Waals surface area contributed by atoms with Gasteiger partial charge in [-0.15, -0.1) is 0 Å². The molecule has 1 atom stereocenters. The molecule has 1 heterocycles. The molecule has 2 rings (SSSR count). The molecule has 0 N–H and O–H groups in total. The average Bonchev–Trinajstić information content (AvgIpc) is 2.49. The van der Waals surface area contributed by atoms with E-state index in [0.717, 1.165) is 5.56 Å². The van der Waals surface area contributed by atoms with Crippen molar-refractivity contribution in [3.8, 4) is 0 Å². The van der Waals surface area contributed by atoms with E-state index in [1.165, 1.54) is 16.7 Å². The number of carbonyl (C=O) groups is 2. The summed E-state index contributed by atoms with van der Waals surface area (Å²) in [5, 5.41) is 0.498. The third-order valence-electron chi connectivity index (χ3n) is 3.96. The van der Waals surface area contributed by atoms with E-state index in [1.807, 2.05) is 0 Å². The maximum atomic E-state index is 12.4. The Kier molecular flexibility index (Phi) is 5.74. The Balaban J connectivity index is 2.00. The third kappa shape index (κ3) is 4.63. The quantitative estimate of drug-likeness (QED) is 0.806.